The molecule has 0 aromatic heterocycles. The molecule has 2 nitrogen and oxygen atoms in total. The highest BCUT2D eigenvalue weighted by atomic mass is 19.1. The van der Waals surface area contributed by atoms with Crippen LogP contribution in [0.25, 0.3) is 0 Å². The van der Waals surface area contributed by atoms with Crippen LogP contribution >= 0.6 is 0 Å². The van der Waals surface area contributed by atoms with E-state index in [0.717, 1.165) is 25.3 Å². The van der Waals surface area contributed by atoms with Crippen molar-refractivity contribution in [2.75, 3.05) is 13.1 Å². The smallest absolute Gasteiger partial charge is 0.126 e. The largest absolute Gasteiger partial charge is 0.489 e. The molecule has 1 aliphatic rings. The summed E-state index contributed by atoms with van der Waals surface area (Å²) < 4.78 is 18.6. The molecule has 1 aliphatic heterocycles. The van der Waals surface area contributed by atoms with Gasteiger partial charge in [0.25, 0.3) is 0 Å². The Balaban J connectivity index is 2.05. The van der Waals surface area contributed by atoms with Crippen molar-refractivity contribution in [3.8, 4) is 5.75 Å². The monoisotopic (exact) mass is 195 g/mol. The molecule has 0 unspecified atom stereocenters. The lowest BCUT2D eigenvalue weighted by molar-refractivity contribution is 0.222. The number of hydrogen-bond acceptors (Lipinski definition) is 2. The van der Waals surface area contributed by atoms with Gasteiger partial charge in [-0.15, -0.1) is 0 Å². The van der Waals surface area contributed by atoms with E-state index < -0.39 is 0 Å². The SMILES string of the molecule is Cc1cc(O[C@H]2CCNC2)ccc1F. The van der Waals surface area contributed by atoms with Crippen LogP contribution in [0.5, 0.6) is 5.75 Å². The first-order valence-electron chi connectivity index (χ1n) is 4.89. The van der Waals surface area contributed by atoms with E-state index in [4.69, 9.17) is 4.74 Å². The van der Waals surface area contributed by atoms with E-state index >= 15 is 0 Å². The van der Waals surface area contributed by atoms with Crippen molar-refractivity contribution in [3.05, 3.63) is 29.6 Å². The average Bonchev–Trinajstić information content (AvgIpc) is 2.64. The van der Waals surface area contributed by atoms with Crippen molar-refractivity contribution in [2.24, 2.45) is 0 Å². The van der Waals surface area contributed by atoms with Crippen molar-refractivity contribution in [2.45, 2.75) is 19.4 Å². The maximum absolute atomic E-state index is 12.9. The molecule has 1 N–H and O–H groups in total. The normalized spacial score (nSPS) is 21.1. The molecule has 2 rings (SSSR count). The standard InChI is InChI=1S/C11H14FNO/c1-8-6-9(2-3-11(8)12)14-10-4-5-13-7-10/h2-3,6,10,13H,4-5,7H2,1H3/t10-/m0/s1. The van der Waals surface area contributed by atoms with E-state index in [-0.39, 0.29) is 11.9 Å². The first kappa shape index (κ1) is 9.46. The van der Waals surface area contributed by atoms with Crippen molar-refractivity contribution in [3.63, 3.8) is 0 Å². The molecule has 1 aromatic rings. The summed E-state index contributed by atoms with van der Waals surface area (Å²) >= 11 is 0. The Morgan fingerprint density at radius 3 is 3.00 bits per heavy atom. The zero-order valence-electron chi connectivity index (χ0n) is 8.22. The molecule has 1 fully saturated rings. The number of nitrogens with one attached hydrogen (secondary N) is 1. The molecule has 0 bridgehead atoms. The Hall–Kier alpha value is -1.09. The summed E-state index contributed by atoms with van der Waals surface area (Å²) in [6.45, 7) is 3.64. The van der Waals surface area contributed by atoms with Crippen LogP contribution in [-0.2, 0) is 0 Å². The van der Waals surface area contributed by atoms with Gasteiger partial charge in [-0.05, 0) is 43.7 Å². The molecule has 1 saturated heterocycles. The van der Waals surface area contributed by atoms with Gasteiger partial charge in [0, 0.05) is 6.54 Å². The highest BCUT2D eigenvalue weighted by Crippen LogP contribution is 2.18. The zero-order chi connectivity index (χ0) is 9.97. The number of hydrogen-bond donors (Lipinski definition) is 1. The summed E-state index contributed by atoms with van der Waals surface area (Å²) in [7, 11) is 0. The lowest BCUT2D eigenvalue weighted by atomic mass is 10.2. The molecular formula is C11H14FNO. The fraction of sp³-hybridized carbons (Fsp3) is 0.455. The van der Waals surface area contributed by atoms with Crippen molar-refractivity contribution < 1.29 is 9.13 Å². The van der Waals surface area contributed by atoms with Crippen LogP contribution in [0.1, 0.15) is 12.0 Å². The minimum atomic E-state index is -0.179. The van der Waals surface area contributed by atoms with Gasteiger partial charge in [0.2, 0.25) is 0 Å². The van der Waals surface area contributed by atoms with Crippen LogP contribution in [0.4, 0.5) is 4.39 Å². The van der Waals surface area contributed by atoms with Crippen molar-refractivity contribution >= 4 is 0 Å². The number of benzene rings is 1. The first-order chi connectivity index (χ1) is 6.75. The Bertz CT molecular complexity index is 321. The van der Waals surface area contributed by atoms with E-state index in [9.17, 15) is 4.39 Å². The summed E-state index contributed by atoms with van der Waals surface area (Å²) in [4.78, 5) is 0. The number of aryl methyl sites for hydroxylation is 1. The average molecular weight is 195 g/mol. The molecule has 14 heavy (non-hydrogen) atoms. The van der Waals surface area contributed by atoms with Gasteiger partial charge in [0.15, 0.2) is 0 Å². The Morgan fingerprint density at radius 2 is 2.36 bits per heavy atom. The number of halogens is 1. The highest BCUT2D eigenvalue weighted by molar-refractivity contribution is 5.29. The van der Waals surface area contributed by atoms with E-state index in [1.807, 2.05) is 0 Å². The third-order valence-electron chi connectivity index (χ3n) is 2.45. The van der Waals surface area contributed by atoms with Crippen LogP contribution in [-0.4, -0.2) is 19.2 Å². The topological polar surface area (TPSA) is 21.3 Å². The molecule has 0 radical (unpaired) electrons. The van der Waals surface area contributed by atoms with Gasteiger partial charge in [-0.2, -0.15) is 0 Å². The van der Waals surface area contributed by atoms with Crippen LogP contribution in [0, 0.1) is 12.7 Å². The molecule has 1 atom stereocenters. The van der Waals surface area contributed by atoms with Crippen LogP contribution in [0.15, 0.2) is 18.2 Å². The summed E-state index contributed by atoms with van der Waals surface area (Å²) in [6.07, 6.45) is 1.26. The number of rotatable bonds is 2. The fourth-order valence-electron chi connectivity index (χ4n) is 1.61. The minimum Gasteiger partial charge on any atom is -0.489 e. The van der Waals surface area contributed by atoms with Gasteiger partial charge in [0.1, 0.15) is 17.7 Å². The fourth-order valence-corrected chi connectivity index (χ4v) is 1.61. The second-order valence-electron chi connectivity index (χ2n) is 3.64. The maximum Gasteiger partial charge on any atom is 0.126 e. The number of ether oxygens (including phenoxy) is 1. The van der Waals surface area contributed by atoms with Crippen LogP contribution < -0.4 is 10.1 Å². The van der Waals surface area contributed by atoms with Crippen LogP contribution in [0.3, 0.4) is 0 Å². The third-order valence-corrected chi connectivity index (χ3v) is 2.45. The molecule has 0 amide bonds. The second kappa shape index (κ2) is 3.96. The lowest BCUT2D eigenvalue weighted by Crippen LogP contribution is -2.19. The van der Waals surface area contributed by atoms with E-state index in [1.54, 1.807) is 19.1 Å². The molecular weight excluding hydrogens is 181 g/mol. The van der Waals surface area contributed by atoms with Gasteiger partial charge in [-0.25, -0.2) is 4.39 Å². The Morgan fingerprint density at radius 1 is 1.50 bits per heavy atom. The van der Waals surface area contributed by atoms with Crippen molar-refractivity contribution in [1.29, 1.82) is 0 Å². The highest BCUT2D eigenvalue weighted by Gasteiger charge is 2.15. The predicted molar refractivity (Wildman–Crippen MR) is 53.0 cm³/mol. The van der Waals surface area contributed by atoms with Gasteiger partial charge >= 0.3 is 0 Å². The maximum atomic E-state index is 12.9. The molecule has 1 aromatic carbocycles. The molecule has 0 saturated carbocycles. The minimum absolute atomic E-state index is 0.179. The molecule has 1 heterocycles. The van der Waals surface area contributed by atoms with Gasteiger partial charge in [-0.1, -0.05) is 0 Å². The molecule has 76 valence electrons. The van der Waals surface area contributed by atoms with E-state index in [2.05, 4.69) is 5.32 Å². The second-order valence-corrected chi connectivity index (χ2v) is 3.64. The van der Waals surface area contributed by atoms with Crippen LogP contribution in [0.2, 0.25) is 0 Å². The zero-order valence-corrected chi connectivity index (χ0v) is 8.22. The molecule has 0 aliphatic carbocycles. The van der Waals surface area contributed by atoms with Crippen molar-refractivity contribution in [1.82, 2.24) is 5.32 Å². The first-order valence-corrected chi connectivity index (χ1v) is 4.89. The molecule has 0 spiro atoms. The third kappa shape index (κ3) is 2.04. The predicted octanol–water partition coefficient (Wildman–Crippen LogP) is 1.87. The Kier molecular flexibility index (Phi) is 2.68. The van der Waals surface area contributed by atoms with E-state index in [1.165, 1.54) is 6.07 Å². The summed E-state index contributed by atoms with van der Waals surface area (Å²) in [5.74, 6) is 0.583. The van der Waals surface area contributed by atoms with Gasteiger partial charge in [-0.3, -0.25) is 0 Å². The summed E-state index contributed by atoms with van der Waals surface area (Å²) in [6, 6.07) is 4.88. The quantitative estimate of drug-likeness (QED) is 0.778. The van der Waals surface area contributed by atoms with E-state index in [0.29, 0.717) is 5.56 Å². The van der Waals surface area contributed by atoms with Gasteiger partial charge in [0.05, 0.1) is 0 Å². The summed E-state index contributed by atoms with van der Waals surface area (Å²) in [5.41, 5.74) is 0.633. The Labute approximate surface area is 83.1 Å². The molecule has 3 heteroatoms. The van der Waals surface area contributed by atoms with Gasteiger partial charge < -0.3 is 10.1 Å². The summed E-state index contributed by atoms with van der Waals surface area (Å²) in [5, 5.41) is 3.22. The lowest BCUT2D eigenvalue weighted by Gasteiger charge is -2.12.